The van der Waals surface area contributed by atoms with E-state index in [1.165, 1.54) is 0 Å². The van der Waals surface area contributed by atoms with Gasteiger partial charge < -0.3 is 20.7 Å². The summed E-state index contributed by atoms with van der Waals surface area (Å²) in [6.07, 6.45) is 6.16. The highest BCUT2D eigenvalue weighted by molar-refractivity contribution is 5.97. The zero-order valence-electron chi connectivity index (χ0n) is 17.9. The second kappa shape index (κ2) is 9.49. The predicted octanol–water partition coefficient (Wildman–Crippen LogP) is 0.521. The second-order valence-corrected chi connectivity index (χ2v) is 8.09. The van der Waals surface area contributed by atoms with Gasteiger partial charge in [0, 0.05) is 37.9 Å². The molecule has 31 heavy (non-hydrogen) atoms. The summed E-state index contributed by atoms with van der Waals surface area (Å²) in [5.74, 6) is 0.723. The number of unbranched alkanes of at least 4 members (excludes halogenated alkanes) is 1. The third-order valence-corrected chi connectivity index (χ3v) is 5.99. The fourth-order valence-electron chi connectivity index (χ4n) is 4.34. The molecule has 0 spiro atoms. The molecule has 2 saturated heterocycles. The number of ether oxygens (including phenoxy) is 1. The van der Waals surface area contributed by atoms with Crippen LogP contribution in [0, 0.1) is 0 Å². The number of benzene rings is 1. The molecule has 0 saturated carbocycles. The van der Waals surface area contributed by atoms with Crippen molar-refractivity contribution in [3.63, 3.8) is 0 Å². The van der Waals surface area contributed by atoms with E-state index in [0.29, 0.717) is 32.6 Å². The molecule has 2 amide bonds. The van der Waals surface area contributed by atoms with Crippen LogP contribution in [0.5, 0.6) is 5.75 Å². The molecule has 1 aromatic carbocycles. The van der Waals surface area contributed by atoms with Crippen molar-refractivity contribution < 1.29 is 14.3 Å². The van der Waals surface area contributed by atoms with Crippen molar-refractivity contribution in [2.75, 3.05) is 33.3 Å². The summed E-state index contributed by atoms with van der Waals surface area (Å²) in [7, 11) is 1.64. The van der Waals surface area contributed by atoms with Gasteiger partial charge in [-0.25, -0.2) is 4.68 Å². The Morgan fingerprint density at radius 1 is 1.23 bits per heavy atom. The Kier molecular flexibility index (Phi) is 6.53. The van der Waals surface area contributed by atoms with Crippen molar-refractivity contribution in [1.82, 2.24) is 24.9 Å². The van der Waals surface area contributed by atoms with E-state index in [9.17, 15) is 9.59 Å². The largest absolute Gasteiger partial charge is 0.494 e. The highest BCUT2D eigenvalue weighted by atomic mass is 16.5. The van der Waals surface area contributed by atoms with Gasteiger partial charge in [0.1, 0.15) is 23.5 Å². The van der Waals surface area contributed by atoms with Crippen molar-refractivity contribution in [3.05, 3.63) is 42.2 Å². The lowest BCUT2D eigenvalue weighted by Gasteiger charge is -2.45. The molecule has 0 unspecified atom stereocenters. The van der Waals surface area contributed by atoms with Gasteiger partial charge in [0.25, 0.3) is 0 Å². The first-order valence-corrected chi connectivity index (χ1v) is 10.8. The molecule has 0 radical (unpaired) electrons. The van der Waals surface area contributed by atoms with Crippen LogP contribution in [0.15, 0.2) is 36.7 Å². The molecule has 1 aromatic heterocycles. The van der Waals surface area contributed by atoms with Crippen molar-refractivity contribution in [2.24, 2.45) is 5.73 Å². The number of carbonyl (C=O) groups excluding carboxylic acids is 2. The fourth-order valence-corrected chi connectivity index (χ4v) is 4.34. The number of hydrogen-bond acceptors (Lipinski definition) is 6. The van der Waals surface area contributed by atoms with Gasteiger partial charge in [-0.1, -0.05) is 12.1 Å². The lowest BCUT2D eigenvalue weighted by Crippen LogP contribution is -2.69. The van der Waals surface area contributed by atoms with Crippen LogP contribution in [0.1, 0.15) is 24.8 Å². The molecule has 2 atom stereocenters. The lowest BCUT2D eigenvalue weighted by molar-refractivity contribution is -0.153. The molecule has 2 fully saturated rings. The average Bonchev–Trinajstić information content (AvgIpc) is 3.25. The van der Waals surface area contributed by atoms with Crippen molar-refractivity contribution in [3.8, 4) is 11.4 Å². The van der Waals surface area contributed by atoms with Gasteiger partial charge in [-0.3, -0.25) is 14.5 Å². The van der Waals surface area contributed by atoms with Crippen LogP contribution < -0.4 is 15.8 Å². The minimum atomic E-state index is -0.434. The summed E-state index contributed by atoms with van der Waals surface area (Å²) in [6.45, 7) is 3.08. The summed E-state index contributed by atoms with van der Waals surface area (Å²) in [4.78, 5) is 29.5. The first-order chi connectivity index (χ1) is 15.1. The Labute approximate surface area is 182 Å². The van der Waals surface area contributed by atoms with Gasteiger partial charge in [-0.05, 0) is 37.9 Å². The van der Waals surface area contributed by atoms with Gasteiger partial charge in [0.05, 0.1) is 13.3 Å². The Hall–Kier alpha value is -2.91. The molecule has 0 aliphatic carbocycles. The average molecular weight is 427 g/mol. The van der Waals surface area contributed by atoms with Crippen LogP contribution in [-0.2, 0) is 16.1 Å². The molecule has 0 bridgehead atoms. The highest BCUT2D eigenvalue weighted by Crippen LogP contribution is 2.23. The number of piperazine rings is 2. The second-order valence-electron chi connectivity index (χ2n) is 8.09. The Bertz CT molecular complexity index is 929. The maximum Gasteiger partial charge on any atom is 0.245 e. The van der Waals surface area contributed by atoms with Crippen molar-refractivity contribution in [2.45, 2.75) is 37.9 Å². The third kappa shape index (κ3) is 4.57. The number of nitrogens with one attached hydrogen (secondary N) is 1. The number of nitrogens with zero attached hydrogens (tertiary/aromatic N) is 4. The smallest absolute Gasteiger partial charge is 0.245 e. The molecule has 9 heteroatoms. The standard InChI is InChI=1S/C22H30N6O3/c1-31-20-8-3-2-7-18(20)28-14-16(12-24-28)13-26-10-11-27-19(15-26)21(29)25-17(22(27)30)6-4-5-9-23/h2-3,7-8,12,14,17,19H,4-6,9-11,13,15,23H2,1H3,(H,25,29)/t17-,19+/m0/s1. The maximum atomic E-state index is 12.8. The minimum Gasteiger partial charge on any atom is -0.494 e. The van der Waals surface area contributed by atoms with Gasteiger partial charge in [0.15, 0.2) is 0 Å². The molecular weight excluding hydrogens is 396 g/mol. The number of fused-ring (bicyclic) bond motifs is 1. The van der Waals surface area contributed by atoms with Gasteiger partial charge in [-0.15, -0.1) is 0 Å². The molecule has 3 heterocycles. The molecular formula is C22H30N6O3. The van der Waals surface area contributed by atoms with Gasteiger partial charge in [0.2, 0.25) is 11.8 Å². The molecule has 2 aliphatic rings. The maximum absolute atomic E-state index is 12.8. The van der Waals surface area contributed by atoms with E-state index in [-0.39, 0.29) is 11.8 Å². The van der Waals surface area contributed by atoms with E-state index in [1.54, 1.807) is 16.7 Å². The molecule has 2 aromatic rings. The first kappa shape index (κ1) is 21.3. The highest BCUT2D eigenvalue weighted by Gasteiger charge is 2.43. The summed E-state index contributed by atoms with van der Waals surface area (Å²) >= 11 is 0. The number of hydrogen-bond donors (Lipinski definition) is 2. The fraction of sp³-hybridized carbons (Fsp3) is 0.500. The van der Waals surface area contributed by atoms with E-state index in [4.69, 9.17) is 10.5 Å². The van der Waals surface area contributed by atoms with Crippen LogP contribution in [0.2, 0.25) is 0 Å². The van der Waals surface area contributed by atoms with E-state index < -0.39 is 12.1 Å². The zero-order chi connectivity index (χ0) is 21.8. The van der Waals surface area contributed by atoms with Crippen LogP contribution in [0.25, 0.3) is 5.69 Å². The molecule has 9 nitrogen and oxygen atoms in total. The van der Waals surface area contributed by atoms with Crippen LogP contribution in [0.3, 0.4) is 0 Å². The van der Waals surface area contributed by atoms with Crippen LogP contribution in [0.4, 0.5) is 0 Å². The summed E-state index contributed by atoms with van der Waals surface area (Å²) in [6, 6.07) is 6.87. The number of rotatable bonds is 8. The summed E-state index contributed by atoms with van der Waals surface area (Å²) < 4.78 is 7.22. The zero-order valence-corrected chi connectivity index (χ0v) is 17.9. The van der Waals surface area contributed by atoms with E-state index in [1.807, 2.05) is 36.7 Å². The number of aromatic nitrogens is 2. The molecule has 166 valence electrons. The third-order valence-electron chi connectivity index (χ3n) is 5.99. The number of para-hydroxylation sites is 2. The number of amides is 2. The van der Waals surface area contributed by atoms with E-state index >= 15 is 0 Å². The number of nitrogens with two attached hydrogens (primary N) is 1. The number of carbonyl (C=O) groups is 2. The van der Waals surface area contributed by atoms with Crippen LogP contribution >= 0.6 is 0 Å². The lowest BCUT2D eigenvalue weighted by atomic mass is 10.00. The number of methoxy groups -OCH3 is 1. The Balaban J connectivity index is 1.38. The summed E-state index contributed by atoms with van der Waals surface area (Å²) in [5.41, 5.74) is 7.46. The SMILES string of the molecule is COc1ccccc1-n1cc(CN2CCN3C(=O)[C@H](CCCCN)NC(=O)[C@H]3C2)cn1. The predicted molar refractivity (Wildman–Crippen MR) is 116 cm³/mol. The minimum absolute atomic E-state index is 0.0327. The van der Waals surface area contributed by atoms with E-state index in [2.05, 4.69) is 15.3 Å². The van der Waals surface area contributed by atoms with Crippen LogP contribution in [-0.4, -0.2) is 76.8 Å². The Morgan fingerprint density at radius 2 is 2.06 bits per heavy atom. The molecule has 3 N–H and O–H groups in total. The van der Waals surface area contributed by atoms with Crippen molar-refractivity contribution in [1.29, 1.82) is 0 Å². The van der Waals surface area contributed by atoms with E-state index in [0.717, 1.165) is 36.4 Å². The van der Waals surface area contributed by atoms with Gasteiger partial charge in [-0.2, -0.15) is 5.10 Å². The topological polar surface area (TPSA) is 106 Å². The van der Waals surface area contributed by atoms with Crippen molar-refractivity contribution >= 4 is 11.8 Å². The quantitative estimate of drug-likeness (QED) is 0.597. The molecule has 4 rings (SSSR count). The molecule has 2 aliphatic heterocycles. The monoisotopic (exact) mass is 426 g/mol. The first-order valence-electron chi connectivity index (χ1n) is 10.8. The normalized spacial score (nSPS) is 21.7. The summed E-state index contributed by atoms with van der Waals surface area (Å²) in [5, 5.41) is 7.39. The van der Waals surface area contributed by atoms with Gasteiger partial charge >= 0.3 is 0 Å². The Morgan fingerprint density at radius 3 is 2.87 bits per heavy atom.